The smallest absolute Gasteiger partial charge is 0.283 e. The van der Waals surface area contributed by atoms with Crippen molar-refractivity contribution in [3.8, 4) is 0 Å². The van der Waals surface area contributed by atoms with E-state index in [1.807, 2.05) is 0 Å². The van der Waals surface area contributed by atoms with E-state index in [0.717, 1.165) is 0 Å². The predicted octanol–water partition coefficient (Wildman–Crippen LogP) is 1.52. The van der Waals surface area contributed by atoms with Crippen LogP contribution in [0.25, 0.3) is 0 Å². The van der Waals surface area contributed by atoms with Gasteiger partial charge in [0.05, 0.1) is 15.9 Å². The Labute approximate surface area is 100 Å². The molecule has 0 unspecified atom stereocenters. The number of nitrogens with one attached hydrogen (secondary N) is 2. The first kappa shape index (κ1) is 12.6. The van der Waals surface area contributed by atoms with Gasteiger partial charge in [-0.2, -0.15) is 0 Å². The summed E-state index contributed by atoms with van der Waals surface area (Å²) in [5, 5.41) is 15.8. The summed E-state index contributed by atoms with van der Waals surface area (Å²) in [4.78, 5) is 21.3. The van der Waals surface area contributed by atoms with Crippen molar-refractivity contribution in [2.24, 2.45) is 0 Å². The van der Waals surface area contributed by atoms with Crippen LogP contribution in [0.4, 0.5) is 11.4 Å². The fourth-order valence-electron chi connectivity index (χ4n) is 1.10. The van der Waals surface area contributed by atoms with Crippen molar-refractivity contribution in [2.75, 3.05) is 18.9 Å². The maximum atomic E-state index is 11.2. The molecule has 2 N–H and O–H groups in total. The molecule has 6 nitrogen and oxygen atoms in total. The van der Waals surface area contributed by atoms with Crippen molar-refractivity contribution in [1.82, 2.24) is 5.32 Å². The lowest BCUT2D eigenvalue weighted by Crippen LogP contribution is -2.25. The lowest BCUT2D eigenvalue weighted by Gasteiger charge is -2.05. The van der Waals surface area contributed by atoms with E-state index in [9.17, 15) is 14.9 Å². The van der Waals surface area contributed by atoms with E-state index in [-0.39, 0.29) is 18.1 Å². The Morgan fingerprint density at radius 3 is 2.75 bits per heavy atom. The number of hydrogen-bond acceptors (Lipinski definition) is 4. The molecule has 0 saturated carbocycles. The zero-order chi connectivity index (χ0) is 12.1. The molecule has 1 amide bonds. The number of nitro groups is 1. The molecule has 0 spiro atoms. The minimum atomic E-state index is -0.497. The SMILES string of the molecule is CNCC(=O)Nc1ccc([N+](=O)[O-])c(Br)c1. The third-order valence-electron chi connectivity index (χ3n) is 1.77. The number of benzene rings is 1. The molecule has 0 saturated heterocycles. The van der Waals surface area contributed by atoms with Crippen molar-refractivity contribution in [3.05, 3.63) is 32.8 Å². The molecule has 1 aromatic carbocycles. The van der Waals surface area contributed by atoms with Gasteiger partial charge in [-0.05, 0) is 35.1 Å². The number of nitro benzene ring substituents is 1. The molecule has 0 bridgehead atoms. The minimum Gasteiger partial charge on any atom is -0.325 e. The number of amides is 1. The van der Waals surface area contributed by atoms with Gasteiger partial charge in [-0.1, -0.05) is 0 Å². The van der Waals surface area contributed by atoms with Crippen LogP contribution in [-0.2, 0) is 4.79 Å². The lowest BCUT2D eigenvalue weighted by molar-refractivity contribution is -0.385. The highest BCUT2D eigenvalue weighted by Crippen LogP contribution is 2.27. The monoisotopic (exact) mass is 287 g/mol. The summed E-state index contributed by atoms with van der Waals surface area (Å²) < 4.78 is 0.333. The van der Waals surface area contributed by atoms with Gasteiger partial charge in [-0.25, -0.2) is 0 Å². The predicted molar refractivity (Wildman–Crippen MR) is 63.4 cm³/mol. The number of likely N-dealkylation sites (N-methyl/N-ethyl adjacent to an activating group) is 1. The Balaban J connectivity index is 2.81. The molecule has 0 aliphatic rings. The Morgan fingerprint density at radius 1 is 1.56 bits per heavy atom. The van der Waals surface area contributed by atoms with Crippen LogP contribution in [0.15, 0.2) is 22.7 Å². The van der Waals surface area contributed by atoms with Crippen molar-refractivity contribution < 1.29 is 9.72 Å². The molecule has 0 atom stereocenters. The molecule has 0 heterocycles. The molecule has 0 fully saturated rings. The van der Waals surface area contributed by atoms with Gasteiger partial charge in [0.1, 0.15) is 0 Å². The summed E-state index contributed by atoms with van der Waals surface area (Å²) >= 11 is 3.07. The van der Waals surface area contributed by atoms with Crippen molar-refractivity contribution in [2.45, 2.75) is 0 Å². The highest BCUT2D eigenvalue weighted by molar-refractivity contribution is 9.10. The van der Waals surface area contributed by atoms with Gasteiger partial charge >= 0.3 is 0 Å². The van der Waals surface area contributed by atoms with Gasteiger partial charge in [0.25, 0.3) is 5.69 Å². The number of carbonyl (C=O) groups is 1. The van der Waals surface area contributed by atoms with E-state index in [2.05, 4.69) is 26.6 Å². The molecule has 0 aliphatic carbocycles. The van der Waals surface area contributed by atoms with Gasteiger partial charge in [0.15, 0.2) is 0 Å². The van der Waals surface area contributed by atoms with E-state index in [1.165, 1.54) is 18.2 Å². The van der Waals surface area contributed by atoms with Crippen LogP contribution in [0.5, 0.6) is 0 Å². The van der Waals surface area contributed by atoms with Crippen LogP contribution < -0.4 is 10.6 Å². The first-order valence-electron chi connectivity index (χ1n) is 4.43. The molecule has 1 aromatic rings. The third kappa shape index (κ3) is 3.28. The van der Waals surface area contributed by atoms with Gasteiger partial charge in [-0.3, -0.25) is 14.9 Å². The van der Waals surface area contributed by atoms with E-state index < -0.39 is 4.92 Å². The van der Waals surface area contributed by atoms with Crippen molar-refractivity contribution in [1.29, 1.82) is 0 Å². The topological polar surface area (TPSA) is 84.3 Å². The highest BCUT2D eigenvalue weighted by atomic mass is 79.9. The second-order valence-electron chi connectivity index (χ2n) is 3.00. The maximum absolute atomic E-state index is 11.2. The largest absolute Gasteiger partial charge is 0.325 e. The average Bonchev–Trinajstić information content (AvgIpc) is 2.17. The molecule has 0 aromatic heterocycles. The van der Waals surface area contributed by atoms with Gasteiger partial charge in [0, 0.05) is 11.8 Å². The van der Waals surface area contributed by atoms with Crippen LogP contribution in [0.3, 0.4) is 0 Å². The average molecular weight is 288 g/mol. The second-order valence-corrected chi connectivity index (χ2v) is 3.86. The standard InChI is InChI=1S/C9H10BrN3O3/c1-11-5-9(14)12-6-2-3-8(13(15)16)7(10)4-6/h2-4,11H,5H2,1H3,(H,12,14). The van der Waals surface area contributed by atoms with Crippen LogP contribution in [0.2, 0.25) is 0 Å². The molecule has 16 heavy (non-hydrogen) atoms. The van der Waals surface area contributed by atoms with Gasteiger partial charge in [0.2, 0.25) is 5.91 Å². The number of anilines is 1. The highest BCUT2D eigenvalue weighted by Gasteiger charge is 2.12. The summed E-state index contributed by atoms with van der Waals surface area (Å²) in [6.07, 6.45) is 0. The van der Waals surface area contributed by atoms with Crippen LogP contribution in [0, 0.1) is 10.1 Å². The van der Waals surface area contributed by atoms with Gasteiger partial charge < -0.3 is 10.6 Å². The zero-order valence-electron chi connectivity index (χ0n) is 8.49. The quantitative estimate of drug-likeness (QED) is 0.649. The molecule has 86 valence electrons. The van der Waals surface area contributed by atoms with E-state index in [1.54, 1.807) is 7.05 Å². The number of hydrogen-bond donors (Lipinski definition) is 2. The van der Waals surface area contributed by atoms with Crippen LogP contribution in [0.1, 0.15) is 0 Å². The lowest BCUT2D eigenvalue weighted by atomic mass is 10.3. The summed E-state index contributed by atoms with van der Waals surface area (Å²) in [5.41, 5.74) is 0.476. The number of rotatable bonds is 4. The fourth-order valence-corrected chi connectivity index (χ4v) is 1.62. The number of nitrogens with zero attached hydrogens (tertiary/aromatic N) is 1. The molecule has 1 rings (SSSR count). The third-order valence-corrected chi connectivity index (χ3v) is 2.40. The first-order valence-corrected chi connectivity index (χ1v) is 5.22. The Bertz CT molecular complexity index is 422. The van der Waals surface area contributed by atoms with Gasteiger partial charge in [-0.15, -0.1) is 0 Å². The Hall–Kier alpha value is -1.47. The second kappa shape index (κ2) is 5.57. The Morgan fingerprint density at radius 2 is 2.25 bits per heavy atom. The van der Waals surface area contributed by atoms with E-state index >= 15 is 0 Å². The van der Waals surface area contributed by atoms with E-state index in [4.69, 9.17) is 0 Å². The maximum Gasteiger partial charge on any atom is 0.283 e. The molecule has 7 heteroatoms. The van der Waals surface area contributed by atoms with Crippen LogP contribution in [-0.4, -0.2) is 24.4 Å². The Kier molecular flexibility index (Phi) is 4.39. The normalized spacial score (nSPS) is 9.88. The summed E-state index contributed by atoms with van der Waals surface area (Å²) in [7, 11) is 1.66. The van der Waals surface area contributed by atoms with E-state index in [0.29, 0.717) is 10.2 Å². The van der Waals surface area contributed by atoms with Crippen molar-refractivity contribution >= 4 is 33.2 Å². The van der Waals surface area contributed by atoms with Crippen LogP contribution >= 0.6 is 15.9 Å². The number of carbonyl (C=O) groups excluding carboxylic acids is 1. The summed E-state index contributed by atoms with van der Waals surface area (Å²) in [6.45, 7) is 0.189. The summed E-state index contributed by atoms with van der Waals surface area (Å²) in [5.74, 6) is -0.205. The molecular formula is C9H10BrN3O3. The molecular weight excluding hydrogens is 278 g/mol. The van der Waals surface area contributed by atoms with Crippen molar-refractivity contribution in [3.63, 3.8) is 0 Å². The minimum absolute atomic E-state index is 0.0355. The molecule has 0 aliphatic heterocycles. The fraction of sp³-hybridized carbons (Fsp3) is 0.222. The molecule has 0 radical (unpaired) electrons. The zero-order valence-corrected chi connectivity index (χ0v) is 10.1. The first-order chi connectivity index (χ1) is 7.54. The number of halogens is 1. The summed E-state index contributed by atoms with van der Waals surface area (Å²) in [6, 6.07) is 4.31.